The number of carbonyl (C=O) groups is 2. The predicted molar refractivity (Wildman–Crippen MR) is 163 cm³/mol. The van der Waals surface area contributed by atoms with Gasteiger partial charge in [0.15, 0.2) is 11.6 Å². The molecule has 2 aliphatic heterocycles. The number of hydrogen-bond acceptors (Lipinski definition) is 8. The van der Waals surface area contributed by atoms with Gasteiger partial charge in [0.05, 0.1) is 63.9 Å². The molecule has 2 aliphatic rings. The fourth-order valence-electron chi connectivity index (χ4n) is 4.97. The second-order valence-electron chi connectivity index (χ2n) is 10.4. The van der Waals surface area contributed by atoms with Gasteiger partial charge in [-0.05, 0) is 49.2 Å². The summed E-state index contributed by atoms with van der Waals surface area (Å²) < 4.78 is 25.1. The lowest BCUT2D eigenvalue weighted by atomic mass is 10.1. The van der Waals surface area contributed by atoms with Crippen molar-refractivity contribution >= 4 is 27.5 Å². The number of aromatic nitrogens is 4. The van der Waals surface area contributed by atoms with Gasteiger partial charge in [0.25, 0.3) is 0 Å². The van der Waals surface area contributed by atoms with E-state index in [4.69, 9.17) is 18.9 Å². The molecule has 6 rings (SSSR count). The first-order chi connectivity index (χ1) is 20.7. The predicted octanol–water partition coefficient (Wildman–Crippen LogP) is 5.58. The van der Waals surface area contributed by atoms with Crippen molar-refractivity contribution in [2.45, 2.75) is 50.4 Å². The zero-order valence-corrected chi connectivity index (χ0v) is 26.2. The third-order valence-electron chi connectivity index (χ3n) is 7.40. The van der Waals surface area contributed by atoms with E-state index in [2.05, 4.69) is 26.1 Å². The molecule has 0 N–H and O–H groups in total. The van der Waals surface area contributed by atoms with Gasteiger partial charge in [0, 0.05) is 18.8 Å². The molecular formula is C32H35BrN4O6. The Morgan fingerprint density at radius 3 is 1.81 bits per heavy atom. The lowest BCUT2D eigenvalue weighted by molar-refractivity contribution is 0.0626. The summed E-state index contributed by atoms with van der Waals surface area (Å²) in [7, 11) is 3.29. The van der Waals surface area contributed by atoms with E-state index in [0.717, 1.165) is 28.3 Å². The van der Waals surface area contributed by atoms with Crippen LogP contribution in [0.2, 0.25) is 0 Å². The Kier molecular flexibility index (Phi) is 9.74. The molecule has 2 aromatic carbocycles. The van der Waals surface area contributed by atoms with Crippen LogP contribution in [0.4, 0.5) is 0 Å². The lowest BCUT2D eigenvalue weighted by Crippen LogP contribution is -2.17. The molecule has 0 fully saturated rings. The first-order valence-corrected chi connectivity index (χ1v) is 15.0. The number of Topliss-reactive ketones (excluding diaryl/α,β-unsaturated/α-hetero) is 2. The summed E-state index contributed by atoms with van der Waals surface area (Å²) in [5.74, 6) is 1.78. The topological polar surface area (TPSA) is 107 Å². The van der Waals surface area contributed by atoms with Gasteiger partial charge in [-0.15, -0.1) is 0 Å². The number of hydrogen-bond donors (Lipinski definition) is 0. The van der Waals surface area contributed by atoms with Crippen molar-refractivity contribution in [2.24, 2.45) is 0 Å². The van der Waals surface area contributed by atoms with E-state index < -0.39 is 0 Å². The molecule has 0 saturated carbocycles. The quantitative estimate of drug-likeness (QED) is 0.249. The van der Waals surface area contributed by atoms with Crippen LogP contribution >= 0.6 is 15.9 Å². The Bertz CT molecular complexity index is 1560. The van der Waals surface area contributed by atoms with Crippen molar-refractivity contribution < 1.29 is 28.5 Å². The number of alkyl halides is 1. The highest BCUT2D eigenvalue weighted by molar-refractivity contribution is 9.10. The number of carbonyl (C=O) groups excluding carboxylic acids is 2. The highest BCUT2D eigenvalue weighted by Crippen LogP contribution is 2.28. The second-order valence-corrected chi connectivity index (χ2v) is 11.5. The number of methoxy groups -OCH3 is 2. The van der Waals surface area contributed by atoms with Gasteiger partial charge in [-0.25, -0.2) is 0 Å². The monoisotopic (exact) mass is 650 g/mol. The molecule has 43 heavy (non-hydrogen) atoms. The third-order valence-corrected chi connectivity index (χ3v) is 8.08. The maximum Gasteiger partial charge on any atom is 0.182 e. The summed E-state index contributed by atoms with van der Waals surface area (Å²) in [5, 5.41) is 9.05. The minimum absolute atomic E-state index is 0.0281. The van der Waals surface area contributed by atoms with Crippen molar-refractivity contribution in [2.75, 3.05) is 27.4 Å². The van der Waals surface area contributed by atoms with Gasteiger partial charge in [0.2, 0.25) is 0 Å². The number of ether oxygens (including phenoxy) is 4. The number of ketones is 2. The zero-order valence-electron chi connectivity index (χ0n) is 24.7. The maximum atomic E-state index is 12.3. The summed E-state index contributed by atoms with van der Waals surface area (Å²) in [6.07, 6.45) is 3.74. The summed E-state index contributed by atoms with van der Waals surface area (Å²) in [4.78, 5) is 24.1. The highest BCUT2D eigenvalue weighted by Gasteiger charge is 2.30. The van der Waals surface area contributed by atoms with Crippen molar-refractivity contribution in [3.63, 3.8) is 0 Å². The molecule has 226 valence electrons. The third kappa shape index (κ3) is 7.23. The molecule has 0 saturated heterocycles. The largest absolute Gasteiger partial charge is 0.497 e. The fourth-order valence-corrected chi connectivity index (χ4v) is 5.37. The van der Waals surface area contributed by atoms with Crippen LogP contribution in [0.3, 0.4) is 0 Å². The van der Waals surface area contributed by atoms with Crippen LogP contribution in [-0.4, -0.2) is 63.4 Å². The Labute approximate surface area is 259 Å². The normalized spacial score (nSPS) is 19.8. The molecule has 10 nitrogen and oxygen atoms in total. The zero-order chi connectivity index (χ0) is 30.5. The number of fused-ring (bicyclic) bond motifs is 2. The molecular weight excluding hydrogens is 616 g/mol. The van der Waals surface area contributed by atoms with E-state index >= 15 is 0 Å². The molecule has 4 heterocycles. The van der Waals surface area contributed by atoms with E-state index in [0.29, 0.717) is 49.5 Å². The maximum absolute atomic E-state index is 12.3. The van der Waals surface area contributed by atoms with Crippen molar-refractivity contribution in [3.05, 3.63) is 94.6 Å². The van der Waals surface area contributed by atoms with Crippen molar-refractivity contribution in [1.82, 2.24) is 19.6 Å². The molecule has 3 atom stereocenters. The minimum Gasteiger partial charge on any atom is -0.497 e. The van der Waals surface area contributed by atoms with Crippen LogP contribution in [0.25, 0.3) is 0 Å². The van der Waals surface area contributed by atoms with E-state index in [1.54, 1.807) is 29.8 Å². The van der Waals surface area contributed by atoms with Gasteiger partial charge in [0.1, 0.15) is 27.7 Å². The van der Waals surface area contributed by atoms with E-state index in [1.165, 1.54) is 0 Å². The Morgan fingerprint density at radius 1 is 0.791 bits per heavy atom. The van der Waals surface area contributed by atoms with Gasteiger partial charge < -0.3 is 18.9 Å². The molecule has 0 radical (unpaired) electrons. The Hall–Kier alpha value is -3.80. The van der Waals surface area contributed by atoms with Crippen LogP contribution in [0.5, 0.6) is 11.5 Å². The van der Waals surface area contributed by atoms with E-state index in [9.17, 15) is 9.59 Å². The minimum atomic E-state index is -0.310. The SMILES string of the molecule is COc1ccc(Cn2cc3c(n2)C(C)OCC(Br)C3=O)cc1.COc1ccc(Cn2cc3c(n2)C(C)OCCC3=O)cc1. The Morgan fingerprint density at radius 2 is 1.28 bits per heavy atom. The summed E-state index contributed by atoms with van der Waals surface area (Å²) in [6.45, 7) is 5.91. The van der Waals surface area contributed by atoms with Gasteiger partial charge in [-0.1, -0.05) is 40.2 Å². The van der Waals surface area contributed by atoms with Crippen molar-refractivity contribution in [3.8, 4) is 11.5 Å². The molecule has 2 aromatic heterocycles. The van der Waals surface area contributed by atoms with Gasteiger partial charge in [-0.3, -0.25) is 19.0 Å². The molecule has 11 heteroatoms. The van der Waals surface area contributed by atoms with E-state index in [-0.39, 0.29) is 28.6 Å². The Balaban J connectivity index is 0.000000171. The summed E-state index contributed by atoms with van der Waals surface area (Å²) in [5.41, 5.74) is 4.98. The smallest absolute Gasteiger partial charge is 0.182 e. The average Bonchev–Trinajstić information content (AvgIpc) is 3.59. The molecule has 3 unspecified atom stereocenters. The lowest BCUT2D eigenvalue weighted by Gasteiger charge is -2.09. The van der Waals surface area contributed by atoms with Crippen LogP contribution in [0.15, 0.2) is 60.9 Å². The first-order valence-electron chi connectivity index (χ1n) is 14.1. The number of halogens is 1. The molecule has 0 aliphatic carbocycles. The molecule has 4 aromatic rings. The van der Waals surface area contributed by atoms with Crippen LogP contribution in [0, 0.1) is 0 Å². The molecule has 0 spiro atoms. The van der Waals surface area contributed by atoms with Crippen molar-refractivity contribution in [1.29, 1.82) is 0 Å². The van der Waals surface area contributed by atoms with Crippen LogP contribution < -0.4 is 9.47 Å². The van der Waals surface area contributed by atoms with E-state index in [1.807, 2.05) is 68.6 Å². The van der Waals surface area contributed by atoms with Crippen LogP contribution in [0.1, 0.15) is 75.7 Å². The van der Waals surface area contributed by atoms with Gasteiger partial charge >= 0.3 is 0 Å². The average molecular weight is 652 g/mol. The number of nitrogens with zero attached hydrogens (tertiary/aromatic N) is 4. The number of rotatable bonds is 6. The van der Waals surface area contributed by atoms with Crippen LogP contribution in [-0.2, 0) is 22.6 Å². The second kappa shape index (κ2) is 13.7. The molecule has 0 bridgehead atoms. The standard InChI is InChI=1S/C16H17BrN2O3.C16H18N2O3/c1-10-15-13(16(20)14(17)9-22-10)8-19(18-15)7-11-3-5-12(21-2)6-4-11;1-11-16-14(15(19)7-8-21-11)10-18(17-16)9-12-3-5-13(20-2)6-4-12/h3-6,8,10,14H,7,9H2,1-2H3;3-6,10-11H,7-9H2,1-2H3. The summed E-state index contributed by atoms with van der Waals surface area (Å²) >= 11 is 3.37. The summed E-state index contributed by atoms with van der Waals surface area (Å²) in [6, 6.07) is 15.6. The first kappa shape index (κ1) is 30.7. The fraction of sp³-hybridized carbons (Fsp3) is 0.375. The highest BCUT2D eigenvalue weighted by atomic mass is 79.9. The number of benzene rings is 2. The van der Waals surface area contributed by atoms with Gasteiger partial charge in [-0.2, -0.15) is 10.2 Å². The molecule has 0 amide bonds.